The van der Waals surface area contributed by atoms with E-state index in [-0.39, 0.29) is 12.5 Å². The quantitative estimate of drug-likeness (QED) is 0.798. The van der Waals surface area contributed by atoms with Gasteiger partial charge in [0, 0.05) is 18.3 Å². The summed E-state index contributed by atoms with van der Waals surface area (Å²) in [6, 6.07) is 1.83. The molecular weight excluding hydrogens is 232 g/mol. The molecule has 0 saturated carbocycles. The molecule has 0 atom stereocenters. The Morgan fingerprint density at radius 1 is 1.50 bits per heavy atom. The summed E-state index contributed by atoms with van der Waals surface area (Å²) in [5.41, 5.74) is 0.826. The third-order valence-electron chi connectivity index (χ3n) is 2.38. The smallest absolute Gasteiger partial charge is 0.254 e. The van der Waals surface area contributed by atoms with Gasteiger partial charge in [0.1, 0.15) is 12.1 Å². The number of hydrogen-bond donors (Lipinski definition) is 2. The van der Waals surface area contributed by atoms with Crippen LogP contribution < -0.4 is 10.6 Å². The van der Waals surface area contributed by atoms with Gasteiger partial charge in [0.25, 0.3) is 5.78 Å². The monoisotopic (exact) mass is 248 g/mol. The first-order chi connectivity index (χ1) is 8.70. The highest BCUT2D eigenvalue weighted by atomic mass is 16.1. The average molecular weight is 248 g/mol. The van der Waals surface area contributed by atoms with Crippen molar-refractivity contribution in [3.63, 3.8) is 0 Å². The lowest BCUT2D eigenvalue weighted by molar-refractivity contribution is -0.119. The number of carbonyl (C=O) groups excluding carboxylic acids is 1. The second-order valence-corrected chi connectivity index (χ2v) is 3.96. The first-order valence-electron chi connectivity index (χ1n) is 5.88. The van der Waals surface area contributed by atoms with Gasteiger partial charge >= 0.3 is 0 Å². The van der Waals surface area contributed by atoms with E-state index in [0.29, 0.717) is 18.1 Å². The van der Waals surface area contributed by atoms with Crippen molar-refractivity contribution in [3.8, 4) is 0 Å². The molecule has 2 N–H and O–H groups in total. The molecule has 0 aliphatic rings. The van der Waals surface area contributed by atoms with E-state index in [2.05, 4.69) is 25.7 Å². The van der Waals surface area contributed by atoms with Gasteiger partial charge in [0.2, 0.25) is 5.91 Å². The van der Waals surface area contributed by atoms with Gasteiger partial charge in [-0.1, -0.05) is 6.92 Å². The van der Waals surface area contributed by atoms with Crippen LogP contribution in [0.2, 0.25) is 0 Å². The van der Waals surface area contributed by atoms with Crippen molar-refractivity contribution in [3.05, 3.63) is 18.1 Å². The number of nitrogens with one attached hydrogen (secondary N) is 2. The van der Waals surface area contributed by atoms with Gasteiger partial charge in [-0.15, -0.1) is 0 Å². The summed E-state index contributed by atoms with van der Waals surface area (Å²) in [6.45, 7) is 4.78. The summed E-state index contributed by atoms with van der Waals surface area (Å²) in [4.78, 5) is 19.7. The highest BCUT2D eigenvalue weighted by Gasteiger charge is 2.06. The molecule has 1 amide bonds. The topological polar surface area (TPSA) is 84.2 Å². The minimum Gasteiger partial charge on any atom is -0.361 e. The predicted octanol–water partition coefficient (Wildman–Crippen LogP) is 0.371. The van der Waals surface area contributed by atoms with Crippen LogP contribution in [0.3, 0.4) is 0 Å². The van der Waals surface area contributed by atoms with Crippen molar-refractivity contribution in [2.24, 2.45) is 0 Å². The number of aromatic nitrogens is 4. The molecule has 0 aliphatic carbocycles. The lowest BCUT2D eigenvalue weighted by Gasteiger charge is -2.08. The number of anilines is 1. The fourth-order valence-electron chi connectivity index (χ4n) is 1.55. The molecule has 2 rings (SSSR count). The van der Waals surface area contributed by atoms with E-state index in [1.54, 1.807) is 4.52 Å². The van der Waals surface area contributed by atoms with Crippen LogP contribution in [0.4, 0.5) is 5.82 Å². The van der Waals surface area contributed by atoms with Crippen LogP contribution in [0.5, 0.6) is 0 Å². The molecule has 18 heavy (non-hydrogen) atoms. The molecule has 0 aliphatic heterocycles. The number of rotatable bonds is 5. The summed E-state index contributed by atoms with van der Waals surface area (Å²) in [6.07, 6.45) is 2.36. The van der Waals surface area contributed by atoms with Crippen molar-refractivity contribution in [1.82, 2.24) is 24.9 Å². The molecule has 2 aromatic heterocycles. The first kappa shape index (κ1) is 12.3. The Hall–Kier alpha value is -2.18. The van der Waals surface area contributed by atoms with Crippen molar-refractivity contribution >= 4 is 17.5 Å². The number of carbonyl (C=O) groups is 1. The number of amides is 1. The van der Waals surface area contributed by atoms with Crippen molar-refractivity contribution in [2.45, 2.75) is 20.3 Å². The molecule has 7 heteroatoms. The van der Waals surface area contributed by atoms with Crippen LogP contribution in [0.25, 0.3) is 5.78 Å². The SMILES string of the molecule is CCCNC(=O)CNc1cc(C)nc2ncnn12. The Bertz CT molecular complexity index is 549. The molecule has 0 spiro atoms. The van der Waals surface area contributed by atoms with Crippen LogP contribution in [0, 0.1) is 6.92 Å². The van der Waals surface area contributed by atoms with Crippen LogP contribution in [0.15, 0.2) is 12.4 Å². The maximum absolute atomic E-state index is 11.5. The zero-order valence-corrected chi connectivity index (χ0v) is 10.5. The Morgan fingerprint density at radius 2 is 2.33 bits per heavy atom. The molecule has 2 aromatic rings. The van der Waals surface area contributed by atoms with E-state index in [1.807, 2.05) is 19.9 Å². The second kappa shape index (κ2) is 5.44. The van der Waals surface area contributed by atoms with Gasteiger partial charge in [-0.2, -0.15) is 14.6 Å². The van der Waals surface area contributed by atoms with E-state index < -0.39 is 0 Å². The minimum absolute atomic E-state index is 0.0421. The molecule has 0 saturated heterocycles. The standard InChI is InChI=1S/C11H16N6O/c1-3-4-12-10(18)6-13-9-5-8(2)16-11-14-7-15-17(9)11/h5,7,13H,3-4,6H2,1-2H3,(H,12,18). The fourth-order valence-corrected chi connectivity index (χ4v) is 1.55. The Morgan fingerprint density at radius 3 is 3.11 bits per heavy atom. The largest absolute Gasteiger partial charge is 0.361 e. The molecule has 0 unspecified atom stereocenters. The van der Waals surface area contributed by atoms with Crippen LogP contribution in [-0.2, 0) is 4.79 Å². The van der Waals surface area contributed by atoms with Gasteiger partial charge in [0.05, 0.1) is 6.54 Å². The summed E-state index contributed by atoms with van der Waals surface area (Å²) in [5, 5.41) is 9.88. The van der Waals surface area contributed by atoms with E-state index in [0.717, 1.165) is 12.1 Å². The average Bonchev–Trinajstić information content (AvgIpc) is 2.81. The van der Waals surface area contributed by atoms with Crippen molar-refractivity contribution in [2.75, 3.05) is 18.4 Å². The lowest BCUT2D eigenvalue weighted by Crippen LogP contribution is -2.30. The second-order valence-electron chi connectivity index (χ2n) is 3.96. The molecular formula is C11H16N6O. The third-order valence-corrected chi connectivity index (χ3v) is 2.38. The first-order valence-corrected chi connectivity index (χ1v) is 5.88. The van der Waals surface area contributed by atoms with Crippen molar-refractivity contribution < 1.29 is 4.79 Å². The maximum Gasteiger partial charge on any atom is 0.254 e. The summed E-state index contributed by atoms with van der Waals surface area (Å²) in [5.74, 6) is 1.19. The predicted molar refractivity (Wildman–Crippen MR) is 67.3 cm³/mol. The van der Waals surface area contributed by atoms with Gasteiger partial charge < -0.3 is 10.6 Å². The molecule has 7 nitrogen and oxygen atoms in total. The summed E-state index contributed by atoms with van der Waals surface area (Å²) < 4.78 is 1.57. The third kappa shape index (κ3) is 2.73. The molecule has 2 heterocycles. The Kier molecular flexibility index (Phi) is 3.71. The number of aryl methyl sites for hydroxylation is 1. The van der Waals surface area contributed by atoms with Crippen molar-refractivity contribution in [1.29, 1.82) is 0 Å². The molecule has 0 bridgehead atoms. The van der Waals surface area contributed by atoms with Gasteiger partial charge in [0.15, 0.2) is 0 Å². The van der Waals surface area contributed by atoms with Crippen LogP contribution in [0.1, 0.15) is 19.0 Å². The maximum atomic E-state index is 11.5. The van der Waals surface area contributed by atoms with Crippen LogP contribution >= 0.6 is 0 Å². The van der Waals surface area contributed by atoms with E-state index in [1.165, 1.54) is 6.33 Å². The zero-order valence-electron chi connectivity index (χ0n) is 10.5. The number of hydrogen-bond acceptors (Lipinski definition) is 5. The molecule has 0 aromatic carbocycles. The molecule has 96 valence electrons. The highest BCUT2D eigenvalue weighted by Crippen LogP contribution is 2.09. The van der Waals surface area contributed by atoms with Gasteiger partial charge in [-0.25, -0.2) is 4.98 Å². The van der Waals surface area contributed by atoms with Gasteiger partial charge in [-0.05, 0) is 13.3 Å². The normalized spacial score (nSPS) is 10.6. The Balaban J connectivity index is 2.07. The highest BCUT2D eigenvalue weighted by molar-refractivity contribution is 5.80. The summed E-state index contributed by atoms with van der Waals surface area (Å²) in [7, 11) is 0. The number of fused-ring (bicyclic) bond motifs is 1. The number of nitrogens with zero attached hydrogens (tertiary/aromatic N) is 4. The Labute approximate surface area is 105 Å². The minimum atomic E-state index is -0.0421. The van der Waals surface area contributed by atoms with Gasteiger partial charge in [-0.3, -0.25) is 4.79 Å². The van der Waals surface area contributed by atoms with E-state index in [4.69, 9.17) is 0 Å². The zero-order chi connectivity index (χ0) is 13.0. The van der Waals surface area contributed by atoms with E-state index in [9.17, 15) is 4.79 Å². The molecule has 0 radical (unpaired) electrons. The molecule has 0 fully saturated rings. The van der Waals surface area contributed by atoms with E-state index >= 15 is 0 Å². The van der Waals surface area contributed by atoms with Crippen LogP contribution in [-0.4, -0.2) is 38.6 Å². The fraction of sp³-hybridized carbons (Fsp3) is 0.455. The summed E-state index contributed by atoms with van der Waals surface area (Å²) >= 11 is 0. The lowest BCUT2D eigenvalue weighted by atomic mass is 10.4.